The normalized spacial score (nSPS) is 18.9. The van der Waals surface area contributed by atoms with Gasteiger partial charge in [0, 0.05) is 25.5 Å². The quantitative estimate of drug-likeness (QED) is 0.840. The topological polar surface area (TPSA) is 36.4 Å². The SMILES string of the molecule is Cc1cncc(CN2CCC(CO)CC2)c1. The van der Waals surface area contributed by atoms with Crippen LogP contribution in [0.3, 0.4) is 0 Å². The molecule has 1 aromatic rings. The number of aliphatic hydroxyl groups excluding tert-OH is 1. The first-order valence-electron chi connectivity index (χ1n) is 6.01. The van der Waals surface area contributed by atoms with Crippen molar-refractivity contribution in [2.75, 3.05) is 19.7 Å². The highest BCUT2D eigenvalue weighted by molar-refractivity contribution is 5.16. The van der Waals surface area contributed by atoms with Crippen LogP contribution < -0.4 is 0 Å². The van der Waals surface area contributed by atoms with Crippen LogP contribution in [0.4, 0.5) is 0 Å². The summed E-state index contributed by atoms with van der Waals surface area (Å²) in [5.41, 5.74) is 2.52. The van der Waals surface area contributed by atoms with Gasteiger partial charge in [-0.1, -0.05) is 6.07 Å². The lowest BCUT2D eigenvalue weighted by Gasteiger charge is -2.30. The summed E-state index contributed by atoms with van der Waals surface area (Å²) in [6.07, 6.45) is 6.08. The molecular weight excluding hydrogens is 200 g/mol. The van der Waals surface area contributed by atoms with Gasteiger partial charge in [-0.15, -0.1) is 0 Å². The van der Waals surface area contributed by atoms with E-state index in [9.17, 15) is 0 Å². The average molecular weight is 220 g/mol. The maximum absolute atomic E-state index is 9.07. The second-order valence-electron chi connectivity index (χ2n) is 4.77. The second kappa shape index (κ2) is 5.41. The second-order valence-corrected chi connectivity index (χ2v) is 4.77. The molecular formula is C13H20N2O. The lowest BCUT2D eigenvalue weighted by molar-refractivity contribution is 0.127. The number of hydrogen-bond acceptors (Lipinski definition) is 3. The van der Waals surface area contributed by atoms with Gasteiger partial charge in [-0.3, -0.25) is 9.88 Å². The van der Waals surface area contributed by atoms with Gasteiger partial charge in [0.25, 0.3) is 0 Å². The fourth-order valence-corrected chi connectivity index (χ4v) is 2.29. The van der Waals surface area contributed by atoms with Crippen molar-refractivity contribution >= 4 is 0 Å². The van der Waals surface area contributed by atoms with Crippen molar-refractivity contribution in [2.45, 2.75) is 26.3 Å². The van der Waals surface area contributed by atoms with E-state index < -0.39 is 0 Å². The maximum Gasteiger partial charge on any atom is 0.0460 e. The van der Waals surface area contributed by atoms with Crippen LogP contribution in [-0.4, -0.2) is 34.7 Å². The number of nitrogens with zero attached hydrogens (tertiary/aromatic N) is 2. The highest BCUT2D eigenvalue weighted by Gasteiger charge is 2.18. The molecule has 2 heterocycles. The van der Waals surface area contributed by atoms with Crippen molar-refractivity contribution in [3.63, 3.8) is 0 Å². The van der Waals surface area contributed by atoms with Gasteiger partial charge in [0.1, 0.15) is 0 Å². The number of piperidine rings is 1. The summed E-state index contributed by atoms with van der Waals surface area (Å²) in [4.78, 5) is 6.66. The molecule has 0 bridgehead atoms. The van der Waals surface area contributed by atoms with Gasteiger partial charge in [-0.25, -0.2) is 0 Å². The van der Waals surface area contributed by atoms with E-state index in [4.69, 9.17) is 5.11 Å². The molecule has 0 amide bonds. The van der Waals surface area contributed by atoms with Crippen molar-refractivity contribution in [2.24, 2.45) is 5.92 Å². The standard InChI is InChI=1S/C13H20N2O/c1-11-6-13(8-14-7-11)9-15-4-2-12(10-16)3-5-15/h6-8,12,16H,2-5,9-10H2,1H3. The zero-order valence-electron chi connectivity index (χ0n) is 9.89. The lowest BCUT2D eigenvalue weighted by atomic mass is 9.97. The predicted octanol–water partition coefficient (Wildman–Crippen LogP) is 1.59. The summed E-state index contributed by atoms with van der Waals surface area (Å²) >= 11 is 0. The Kier molecular flexibility index (Phi) is 3.91. The molecule has 16 heavy (non-hydrogen) atoms. The fourth-order valence-electron chi connectivity index (χ4n) is 2.29. The molecule has 1 aliphatic rings. The molecule has 88 valence electrons. The Morgan fingerprint density at radius 2 is 2.12 bits per heavy atom. The highest BCUT2D eigenvalue weighted by Crippen LogP contribution is 2.18. The predicted molar refractivity (Wildman–Crippen MR) is 64.1 cm³/mol. The van der Waals surface area contributed by atoms with E-state index in [0.717, 1.165) is 32.5 Å². The third kappa shape index (κ3) is 3.03. The summed E-state index contributed by atoms with van der Waals surface area (Å²) in [6, 6.07) is 2.20. The van der Waals surface area contributed by atoms with E-state index in [1.54, 1.807) is 0 Å². The minimum Gasteiger partial charge on any atom is -0.396 e. The number of rotatable bonds is 3. The monoisotopic (exact) mass is 220 g/mol. The molecule has 0 atom stereocenters. The Labute approximate surface area is 97.1 Å². The maximum atomic E-state index is 9.07. The molecule has 0 saturated carbocycles. The zero-order valence-corrected chi connectivity index (χ0v) is 9.89. The van der Waals surface area contributed by atoms with Crippen molar-refractivity contribution in [1.29, 1.82) is 0 Å². The van der Waals surface area contributed by atoms with Crippen molar-refractivity contribution in [3.8, 4) is 0 Å². The van der Waals surface area contributed by atoms with Crippen LogP contribution in [0.2, 0.25) is 0 Å². The van der Waals surface area contributed by atoms with E-state index in [2.05, 4.69) is 22.9 Å². The third-order valence-corrected chi connectivity index (χ3v) is 3.30. The summed E-state index contributed by atoms with van der Waals surface area (Å²) < 4.78 is 0. The van der Waals surface area contributed by atoms with Gasteiger partial charge in [-0.2, -0.15) is 0 Å². The number of aryl methyl sites for hydroxylation is 1. The molecule has 2 rings (SSSR count). The Morgan fingerprint density at radius 3 is 2.75 bits per heavy atom. The van der Waals surface area contributed by atoms with Crippen LogP contribution in [0.5, 0.6) is 0 Å². The Bertz CT molecular complexity index is 332. The molecule has 0 unspecified atom stereocenters. The molecule has 3 nitrogen and oxygen atoms in total. The molecule has 1 aromatic heterocycles. The average Bonchev–Trinajstić information content (AvgIpc) is 2.30. The number of pyridine rings is 1. The van der Waals surface area contributed by atoms with Gasteiger partial charge in [0.15, 0.2) is 0 Å². The van der Waals surface area contributed by atoms with Gasteiger partial charge in [0.05, 0.1) is 0 Å². The van der Waals surface area contributed by atoms with Gasteiger partial charge in [0.2, 0.25) is 0 Å². The molecule has 0 radical (unpaired) electrons. The van der Waals surface area contributed by atoms with E-state index in [1.807, 2.05) is 12.4 Å². The van der Waals surface area contributed by atoms with E-state index in [-0.39, 0.29) is 0 Å². The zero-order chi connectivity index (χ0) is 11.4. The van der Waals surface area contributed by atoms with E-state index in [1.165, 1.54) is 11.1 Å². The van der Waals surface area contributed by atoms with Crippen LogP contribution in [0, 0.1) is 12.8 Å². The van der Waals surface area contributed by atoms with Crippen LogP contribution in [0.15, 0.2) is 18.5 Å². The molecule has 1 fully saturated rings. The molecule has 0 aromatic carbocycles. The smallest absolute Gasteiger partial charge is 0.0460 e. The minimum atomic E-state index is 0.347. The summed E-state index contributed by atoms with van der Waals surface area (Å²) in [6.45, 7) is 5.61. The first kappa shape index (κ1) is 11.6. The molecule has 1 aliphatic heterocycles. The number of hydrogen-bond donors (Lipinski definition) is 1. The van der Waals surface area contributed by atoms with Crippen molar-refractivity contribution in [3.05, 3.63) is 29.6 Å². The Hall–Kier alpha value is -0.930. The molecule has 0 aliphatic carbocycles. The fraction of sp³-hybridized carbons (Fsp3) is 0.615. The van der Waals surface area contributed by atoms with Crippen molar-refractivity contribution in [1.82, 2.24) is 9.88 Å². The van der Waals surface area contributed by atoms with E-state index >= 15 is 0 Å². The van der Waals surface area contributed by atoms with E-state index in [0.29, 0.717) is 12.5 Å². The highest BCUT2D eigenvalue weighted by atomic mass is 16.3. The lowest BCUT2D eigenvalue weighted by Crippen LogP contribution is -2.34. The van der Waals surface area contributed by atoms with Crippen molar-refractivity contribution < 1.29 is 5.11 Å². The first-order chi connectivity index (χ1) is 7.78. The van der Waals surface area contributed by atoms with Crippen LogP contribution >= 0.6 is 0 Å². The summed E-state index contributed by atoms with van der Waals surface area (Å²) in [7, 11) is 0. The van der Waals surface area contributed by atoms with Crippen LogP contribution in [0.25, 0.3) is 0 Å². The summed E-state index contributed by atoms with van der Waals surface area (Å²) in [5.74, 6) is 0.520. The Morgan fingerprint density at radius 1 is 1.38 bits per heavy atom. The molecule has 3 heteroatoms. The molecule has 1 N–H and O–H groups in total. The van der Waals surface area contributed by atoms with Gasteiger partial charge < -0.3 is 5.11 Å². The number of aliphatic hydroxyl groups is 1. The minimum absolute atomic E-state index is 0.347. The number of likely N-dealkylation sites (tertiary alicyclic amines) is 1. The van der Waals surface area contributed by atoms with Crippen LogP contribution in [-0.2, 0) is 6.54 Å². The largest absolute Gasteiger partial charge is 0.396 e. The molecule has 1 saturated heterocycles. The first-order valence-corrected chi connectivity index (χ1v) is 6.01. The van der Waals surface area contributed by atoms with Gasteiger partial charge >= 0.3 is 0 Å². The Balaban J connectivity index is 1.87. The number of aromatic nitrogens is 1. The summed E-state index contributed by atoms with van der Waals surface area (Å²) in [5, 5.41) is 9.07. The van der Waals surface area contributed by atoms with Gasteiger partial charge in [-0.05, 0) is 49.9 Å². The third-order valence-electron chi connectivity index (χ3n) is 3.30. The molecule has 0 spiro atoms. The van der Waals surface area contributed by atoms with Crippen LogP contribution in [0.1, 0.15) is 24.0 Å².